The van der Waals surface area contributed by atoms with Gasteiger partial charge in [0.2, 0.25) is 0 Å². The normalized spacial score (nSPS) is 18.7. The predicted molar refractivity (Wildman–Crippen MR) is 129 cm³/mol. The van der Waals surface area contributed by atoms with Gasteiger partial charge in [0, 0.05) is 51.4 Å². The molecule has 2 aromatic rings. The van der Waals surface area contributed by atoms with Gasteiger partial charge in [-0.3, -0.25) is 9.89 Å². The van der Waals surface area contributed by atoms with Crippen molar-refractivity contribution in [3.63, 3.8) is 0 Å². The van der Waals surface area contributed by atoms with Gasteiger partial charge in [0.1, 0.15) is 5.76 Å². The molecule has 2 aliphatic heterocycles. The van der Waals surface area contributed by atoms with Crippen molar-refractivity contribution in [3.8, 4) is 0 Å². The van der Waals surface area contributed by atoms with E-state index in [0.29, 0.717) is 0 Å². The number of rotatable bonds is 9. The van der Waals surface area contributed by atoms with Gasteiger partial charge in [-0.2, -0.15) is 0 Å². The van der Waals surface area contributed by atoms with Crippen molar-refractivity contribution in [2.75, 3.05) is 63.9 Å². The van der Waals surface area contributed by atoms with Gasteiger partial charge in [0.05, 0.1) is 32.1 Å². The number of ether oxygens (including phenoxy) is 1. The zero-order valence-corrected chi connectivity index (χ0v) is 19.3. The molecule has 1 aromatic heterocycles. The van der Waals surface area contributed by atoms with Gasteiger partial charge in [-0.05, 0) is 49.6 Å². The lowest BCUT2D eigenvalue weighted by Crippen LogP contribution is -2.41. The summed E-state index contributed by atoms with van der Waals surface area (Å²) in [6, 6.07) is 13.0. The summed E-state index contributed by atoms with van der Waals surface area (Å²) in [5.41, 5.74) is 2.60. The fourth-order valence-corrected chi connectivity index (χ4v) is 4.29. The summed E-state index contributed by atoms with van der Waals surface area (Å²) in [6.07, 6.45) is 5.13. The molecule has 7 heteroatoms. The van der Waals surface area contributed by atoms with Crippen LogP contribution >= 0.6 is 0 Å². The van der Waals surface area contributed by atoms with Gasteiger partial charge in [-0.1, -0.05) is 12.1 Å². The summed E-state index contributed by atoms with van der Waals surface area (Å²) in [6.45, 7) is 10.6. The van der Waals surface area contributed by atoms with Crippen molar-refractivity contribution in [2.24, 2.45) is 4.99 Å². The monoisotopic (exact) mass is 439 g/mol. The predicted octanol–water partition coefficient (Wildman–Crippen LogP) is 3.05. The Balaban J connectivity index is 1.36. The van der Waals surface area contributed by atoms with Crippen molar-refractivity contribution in [2.45, 2.75) is 32.2 Å². The third-order valence-corrected chi connectivity index (χ3v) is 6.23. The van der Waals surface area contributed by atoms with Crippen LogP contribution in [0.15, 0.2) is 52.1 Å². The third-order valence-electron chi connectivity index (χ3n) is 6.23. The molecule has 1 aromatic carbocycles. The molecule has 0 saturated carbocycles. The van der Waals surface area contributed by atoms with Crippen molar-refractivity contribution in [1.82, 2.24) is 15.5 Å². The summed E-state index contributed by atoms with van der Waals surface area (Å²) in [5, 5.41) is 7.11. The lowest BCUT2D eigenvalue weighted by Gasteiger charge is -2.26. The maximum atomic E-state index is 5.46. The molecule has 1 atom stereocenters. The number of morpholine rings is 1. The number of nitrogens with zero attached hydrogens (tertiary/aromatic N) is 3. The van der Waals surface area contributed by atoms with Crippen molar-refractivity contribution in [3.05, 3.63) is 54.0 Å². The largest absolute Gasteiger partial charge is 0.469 e. The van der Waals surface area contributed by atoms with Crippen LogP contribution < -0.4 is 15.5 Å². The molecule has 0 aliphatic carbocycles. The minimum atomic E-state index is 0.163. The van der Waals surface area contributed by atoms with E-state index >= 15 is 0 Å². The Morgan fingerprint density at radius 3 is 2.72 bits per heavy atom. The number of benzene rings is 1. The van der Waals surface area contributed by atoms with Gasteiger partial charge < -0.3 is 24.7 Å². The highest BCUT2D eigenvalue weighted by molar-refractivity contribution is 5.80. The number of hydrogen-bond donors (Lipinski definition) is 2. The van der Waals surface area contributed by atoms with E-state index in [4.69, 9.17) is 14.1 Å². The van der Waals surface area contributed by atoms with E-state index < -0.39 is 0 Å². The highest BCUT2D eigenvalue weighted by Crippen LogP contribution is 2.23. The van der Waals surface area contributed by atoms with Crippen LogP contribution in [0.2, 0.25) is 0 Å². The van der Waals surface area contributed by atoms with Gasteiger partial charge in [-0.15, -0.1) is 0 Å². The number of aliphatic imine (C=N–C) groups is 1. The van der Waals surface area contributed by atoms with Gasteiger partial charge in [-0.25, -0.2) is 0 Å². The maximum Gasteiger partial charge on any atom is 0.191 e. The van der Waals surface area contributed by atoms with Crippen molar-refractivity contribution >= 4 is 11.6 Å². The highest BCUT2D eigenvalue weighted by atomic mass is 16.5. The van der Waals surface area contributed by atoms with Crippen LogP contribution in [0.3, 0.4) is 0 Å². The van der Waals surface area contributed by atoms with Gasteiger partial charge in [0.25, 0.3) is 0 Å². The fraction of sp³-hybridized carbons (Fsp3) is 0.560. The molecule has 2 saturated heterocycles. The SMILES string of the molecule is CC(NC(=NCCN1CCOCC1)NCCc1ccco1)c1cccc(N2CCCC2)c1. The van der Waals surface area contributed by atoms with Crippen LogP contribution in [-0.2, 0) is 11.2 Å². The summed E-state index contributed by atoms with van der Waals surface area (Å²) in [7, 11) is 0. The van der Waals surface area contributed by atoms with E-state index in [1.807, 2.05) is 12.1 Å². The number of guanidine groups is 1. The quantitative estimate of drug-likeness (QED) is 0.463. The summed E-state index contributed by atoms with van der Waals surface area (Å²) < 4.78 is 10.9. The fourth-order valence-electron chi connectivity index (χ4n) is 4.29. The maximum absolute atomic E-state index is 5.46. The van der Waals surface area contributed by atoms with Crippen LogP contribution in [0.5, 0.6) is 0 Å². The number of anilines is 1. The van der Waals surface area contributed by atoms with Crippen LogP contribution in [0.4, 0.5) is 5.69 Å². The molecular weight excluding hydrogens is 402 g/mol. The number of hydrogen-bond acceptors (Lipinski definition) is 5. The van der Waals surface area contributed by atoms with E-state index in [9.17, 15) is 0 Å². The third kappa shape index (κ3) is 6.74. The summed E-state index contributed by atoms with van der Waals surface area (Å²) >= 11 is 0. The van der Waals surface area contributed by atoms with Crippen molar-refractivity contribution in [1.29, 1.82) is 0 Å². The average Bonchev–Trinajstić information content (AvgIpc) is 3.54. The molecule has 3 heterocycles. The van der Waals surface area contributed by atoms with Crippen molar-refractivity contribution < 1.29 is 9.15 Å². The lowest BCUT2D eigenvalue weighted by molar-refractivity contribution is 0.0394. The Hall–Kier alpha value is -2.51. The Morgan fingerprint density at radius 2 is 1.94 bits per heavy atom. The van der Waals surface area contributed by atoms with E-state index in [-0.39, 0.29) is 6.04 Å². The minimum Gasteiger partial charge on any atom is -0.469 e. The molecule has 0 spiro atoms. The second-order valence-electron chi connectivity index (χ2n) is 8.60. The molecule has 1 unspecified atom stereocenters. The number of furan rings is 1. The topological polar surface area (TPSA) is 65.3 Å². The van der Waals surface area contributed by atoms with E-state index in [2.05, 4.69) is 51.6 Å². The molecule has 174 valence electrons. The molecule has 4 rings (SSSR count). The van der Waals surface area contributed by atoms with Crippen LogP contribution in [0.25, 0.3) is 0 Å². The summed E-state index contributed by atoms with van der Waals surface area (Å²) in [5.74, 6) is 1.83. The first kappa shape index (κ1) is 22.7. The standard InChI is InChI=1S/C25H37N5O2/c1-21(22-6-4-7-23(20-22)30-12-2-3-13-30)28-25(26-10-9-24-8-5-17-32-24)27-11-14-29-15-18-31-19-16-29/h4-8,17,20-21H,2-3,9-16,18-19H2,1H3,(H2,26,27,28). The van der Waals surface area contributed by atoms with E-state index in [0.717, 1.165) is 77.2 Å². The molecule has 2 aliphatic rings. The molecule has 2 fully saturated rings. The Bertz CT molecular complexity index is 827. The Kier molecular flexibility index (Phi) is 8.45. The van der Waals surface area contributed by atoms with Crippen LogP contribution in [-0.4, -0.2) is 69.9 Å². The van der Waals surface area contributed by atoms with Crippen LogP contribution in [0.1, 0.15) is 37.1 Å². The molecule has 7 nitrogen and oxygen atoms in total. The molecule has 0 radical (unpaired) electrons. The molecule has 2 N–H and O–H groups in total. The van der Waals surface area contributed by atoms with Crippen LogP contribution in [0, 0.1) is 0 Å². The first-order valence-corrected chi connectivity index (χ1v) is 12.0. The minimum absolute atomic E-state index is 0.163. The highest BCUT2D eigenvalue weighted by Gasteiger charge is 2.15. The number of nitrogens with one attached hydrogen (secondary N) is 2. The molecule has 32 heavy (non-hydrogen) atoms. The first-order valence-electron chi connectivity index (χ1n) is 12.0. The molecule has 0 amide bonds. The summed E-state index contributed by atoms with van der Waals surface area (Å²) in [4.78, 5) is 9.77. The zero-order valence-electron chi connectivity index (χ0n) is 19.3. The molecular formula is C25H37N5O2. The second-order valence-corrected chi connectivity index (χ2v) is 8.60. The van der Waals surface area contributed by atoms with E-state index in [1.54, 1.807) is 6.26 Å². The van der Waals surface area contributed by atoms with Gasteiger partial charge >= 0.3 is 0 Å². The Labute approximate surface area is 191 Å². The van der Waals surface area contributed by atoms with Gasteiger partial charge in [0.15, 0.2) is 5.96 Å². The van der Waals surface area contributed by atoms with E-state index in [1.165, 1.54) is 24.1 Å². The molecule has 0 bridgehead atoms. The average molecular weight is 440 g/mol. The first-order chi connectivity index (χ1) is 15.8. The Morgan fingerprint density at radius 1 is 1.09 bits per heavy atom. The smallest absolute Gasteiger partial charge is 0.191 e. The lowest BCUT2D eigenvalue weighted by atomic mass is 10.1. The zero-order chi connectivity index (χ0) is 22.0. The second kappa shape index (κ2) is 11.9.